The zero-order valence-corrected chi connectivity index (χ0v) is 9.94. The second kappa shape index (κ2) is 6.54. The molecule has 1 aromatic carbocycles. The molecule has 0 aliphatic rings. The number of rotatable bonds is 5. The lowest BCUT2D eigenvalue weighted by atomic mass is 10.1. The van der Waals surface area contributed by atoms with Crippen molar-refractivity contribution in [2.45, 2.75) is 13.3 Å². The number of benzene rings is 1. The third-order valence-corrected chi connectivity index (χ3v) is 2.23. The molecule has 0 fully saturated rings. The van der Waals surface area contributed by atoms with Crippen LogP contribution in [0.15, 0.2) is 24.3 Å². The summed E-state index contributed by atoms with van der Waals surface area (Å²) >= 11 is 0. The molecule has 0 aliphatic heterocycles. The Hall–Kier alpha value is -2.17. The van der Waals surface area contributed by atoms with Crippen LogP contribution >= 0.6 is 0 Å². The minimum absolute atomic E-state index is 0.0780. The second-order valence-corrected chi connectivity index (χ2v) is 3.71. The normalized spacial score (nSPS) is 10.6. The van der Waals surface area contributed by atoms with Gasteiger partial charge >= 0.3 is 5.97 Å². The molecule has 0 atom stereocenters. The van der Waals surface area contributed by atoms with E-state index in [2.05, 4.69) is 5.32 Å². The minimum atomic E-state index is -1.17. The zero-order valence-electron chi connectivity index (χ0n) is 9.94. The number of halogens is 1. The van der Waals surface area contributed by atoms with Crippen LogP contribution in [0.1, 0.15) is 29.3 Å². The summed E-state index contributed by atoms with van der Waals surface area (Å²) in [5, 5.41) is 11.5. The maximum atomic E-state index is 12.9. The SMILES string of the molecule is CC(=O)NCCC=Cc1ccc(F)cc1C(=O)O. The minimum Gasteiger partial charge on any atom is -0.478 e. The third-order valence-electron chi connectivity index (χ3n) is 2.23. The lowest BCUT2D eigenvalue weighted by Crippen LogP contribution is -2.20. The van der Waals surface area contributed by atoms with E-state index < -0.39 is 11.8 Å². The first-order chi connectivity index (χ1) is 8.50. The monoisotopic (exact) mass is 251 g/mol. The molecule has 0 unspecified atom stereocenters. The number of aromatic carboxylic acids is 1. The Morgan fingerprint density at radius 1 is 1.44 bits per heavy atom. The summed E-state index contributed by atoms with van der Waals surface area (Å²) < 4.78 is 12.9. The number of carbonyl (C=O) groups excluding carboxylic acids is 1. The molecule has 5 heteroatoms. The lowest BCUT2D eigenvalue weighted by molar-refractivity contribution is -0.118. The van der Waals surface area contributed by atoms with Crippen LogP contribution in [0, 0.1) is 5.82 Å². The topological polar surface area (TPSA) is 66.4 Å². The van der Waals surface area contributed by atoms with E-state index in [9.17, 15) is 14.0 Å². The van der Waals surface area contributed by atoms with Gasteiger partial charge in [0.05, 0.1) is 5.56 Å². The molecule has 18 heavy (non-hydrogen) atoms. The molecule has 0 aliphatic carbocycles. The fourth-order valence-electron chi connectivity index (χ4n) is 1.40. The lowest BCUT2D eigenvalue weighted by Gasteiger charge is -2.01. The van der Waals surface area contributed by atoms with E-state index in [-0.39, 0.29) is 11.5 Å². The molecule has 0 radical (unpaired) electrons. The van der Waals surface area contributed by atoms with Gasteiger partial charge < -0.3 is 10.4 Å². The number of nitrogens with one attached hydrogen (secondary N) is 1. The average Bonchev–Trinajstić information content (AvgIpc) is 2.29. The predicted octanol–water partition coefficient (Wildman–Crippen LogP) is 2.06. The van der Waals surface area contributed by atoms with Crippen LogP contribution in [0.25, 0.3) is 6.08 Å². The molecule has 0 spiro atoms. The van der Waals surface area contributed by atoms with Crippen LogP contribution < -0.4 is 5.32 Å². The van der Waals surface area contributed by atoms with Crippen LogP contribution in [-0.4, -0.2) is 23.5 Å². The molecule has 0 saturated heterocycles. The van der Waals surface area contributed by atoms with Crippen molar-refractivity contribution in [2.24, 2.45) is 0 Å². The fourth-order valence-corrected chi connectivity index (χ4v) is 1.40. The Bertz CT molecular complexity index is 483. The quantitative estimate of drug-likeness (QED) is 0.787. The smallest absolute Gasteiger partial charge is 0.336 e. The van der Waals surface area contributed by atoms with Gasteiger partial charge in [-0.25, -0.2) is 9.18 Å². The van der Waals surface area contributed by atoms with Gasteiger partial charge in [0.15, 0.2) is 0 Å². The molecule has 0 bridgehead atoms. The number of carbonyl (C=O) groups is 2. The van der Waals surface area contributed by atoms with Gasteiger partial charge in [-0.3, -0.25) is 4.79 Å². The van der Waals surface area contributed by atoms with Crippen molar-refractivity contribution in [3.05, 3.63) is 41.2 Å². The van der Waals surface area contributed by atoms with Gasteiger partial charge in [0.1, 0.15) is 5.82 Å². The summed E-state index contributed by atoms with van der Waals surface area (Å²) in [4.78, 5) is 21.5. The van der Waals surface area contributed by atoms with Crippen molar-refractivity contribution in [3.8, 4) is 0 Å². The van der Waals surface area contributed by atoms with Crippen LogP contribution in [0.3, 0.4) is 0 Å². The van der Waals surface area contributed by atoms with Gasteiger partial charge in [-0.05, 0) is 24.1 Å². The van der Waals surface area contributed by atoms with Gasteiger partial charge in [0.2, 0.25) is 5.91 Å². The summed E-state index contributed by atoms with van der Waals surface area (Å²) in [5.74, 6) is -1.87. The van der Waals surface area contributed by atoms with E-state index >= 15 is 0 Å². The largest absolute Gasteiger partial charge is 0.478 e. The summed E-state index contributed by atoms with van der Waals surface area (Å²) in [6.07, 6.45) is 3.91. The van der Waals surface area contributed by atoms with Gasteiger partial charge in [-0.1, -0.05) is 18.2 Å². The molecular formula is C13H14FNO3. The van der Waals surface area contributed by atoms with Gasteiger partial charge in [0, 0.05) is 13.5 Å². The molecule has 0 aromatic heterocycles. The van der Waals surface area contributed by atoms with Crippen molar-refractivity contribution in [2.75, 3.05) is 6.54 Å². The molecule has 4 nitrogen and oxygen atoms in total. The number of amides is 1. The van der Waals surface area contributed by atoms with E-state index in [0.717, 1.165) is 6.07 Å². The molecule has 2 N–H and O–H groups in total. The molecular weight excluding hydrogens is 237 g/mol. The van der Waals surface area contributed by atoms with Gasteiger partial charge in [-0.15, -0.1) is 0 Å². The number of carboxylic acids is 1. The number of hydrogen-bond donors (Lipinski definition) is 2. The fraction of sp³-hybridized carbons (Fsp3) is 0.231. The average molecular weight is 251 g/mol. The first-order valence-corrected chi connectivity index (χ1v) is 5.44. The van der Waals surface area contributed by atoms with Crippen molar-refractivity contribution in [3.63, 3.8) is 0 Å². The molecule has 1 rings (SSSR count). The number of carboxylic acid groups (broad SMARTS) is 1. The molecule has 0 heterocycles. The van der Waals surface area contributed by atoms with E-state index in [0.29, 0.717) is 18.5 Å². The maximum absolute atomic E-state index is 12.9. The van der Waals surface area contributed by atoms with Crippen molar-refractivity contribution < 1.29 is 19.1 Å². The summed E-state index contributed by atoms with van der Waals surface area (Å²) in [6, 6.07) is 3.60. The van der Waals surface area contributed by atoms with Crippen molar-refractivity contribution in [1.82, 2.24) is 5.32 Å². The van der Waals surface area contributed by atoms with Gasteiger partial charge in [0.25, 0.3) is 0 Å². The highest BCUT2D eigenvalue weighted by molar-refractivity contribution is 5.92. The van der Waals surface area contributed by atoms with Crippen LogP contribution in [-0.2, 0) is 4.79 Å². The van der Waals surface area contributed by atoms with Crippen LogP contribution in [0.5, 0.6) is 0 Å². The highest BCUT2D eigenvalue weighted by Gasteiger charge is 2.08. The second-order valence-electron chi connectivity index (χ2n) is 3.71. The Morgan fingerprint density at radius 3 is 2.78 bits per heavy atom. The van der Waals surface area contributed by atoms with E-state index in [1.54, 1.807) is 12.2 Å². The van der Waals surface area contributed by atoms with Crippen LogP contribution in [0.4, 0.5) is 4.39 Å². The first-order valence-electron chi connectivity index (χ1n) is 5.44. The van der Waals surface area contributed by atoms with E-state index in [1.165, 1.54) is 19.1 Å². The van der Waals surface area contributed by atoms with E-state index in [4.69, 9.17) is 5.11 Å². The predicted molar refractivity (Wildman–Crippen MR) is 65.7 cm³/mol. The molecule has 1 amide bonds. The standard InChI is InChI=1S/C13H14FNO3/c1-9(16)15-7-3-2-4-10-5-6-11(14)8-12(10)13(17)18/h2,4-6,8H,3,7H2,1H3,(H,15,16)(H,17,18). The summed E-state index contributed by atoms with van der Waals surface area (Å²) in [7, 11) is 0. The third kappa shape index (κ3) is 4.37. The van der Waals surface area contributed by atoms with Crippen molar-refractivity contribution in [1.29, 1.82) is 0 Å². The Morgan fingerprint density at radius 2 is 2.17 bits per heavy atom. The Balaban J connectivity index is 2.69. The van der Waals surface area contributed by atoms with Gasteiger partial charge in [-0.2, -0.15) is 0 Å². The number of hydrogen-bond acceptors (Lipinski definition) is 2. The maximum Gasteiger partial charge on any atom is 0.336 e. The first kappa shape index (κ1) is 13.9. The zero-order chi connectivity index (χ0) is 13.5. The highest BCUT2D eigenvalue weighted by atomic mass is 19.1. The molecule has 1 aromatic rings. The van der Waals surface area contributed by atoms with Crippen molar-refractivity contribution >= 4 is 18.0 Å². The highest BCUT2D eigenvalue weighted by Crippen LogP contribution is 2.13. The molecule has 96 valence electrons. The van der Waals surface area contributed by atoms with E-state index in [1.807, 2.05) is 0 Å². The van der Waals surface area contributed by atoms with Crippen LogP contribution in [0.2, 0.25) is 0 Å². The summed E-state index contributed by atoms with van der Waals surface area (Å²) in [6.45, 7) is 1.90. The molecule has 0 saturated carbocycles. The Kier molecular flexibility index (Phi) is 5.05. The Labute approximate surface area is 104 Å². The summed E-state index contributed by atoms with van der Waals surface area (Å²) in [5.41, 5.74) is 0.359.